The van der Waals surface area contributed by atoms with Crippen LogP contribution < -0.4 is 15.5 Å². The predicted molar refractivity (Wildman–Crippen MR) is 117 cm³/mol. The summed E-state index contributed by atoms with van der Waals surface area (Å²) in [5.74, 6) is 1.86. The predicted octanol–water partition coefficient (Wildman–Crippen LogP) is 2.16. The number of guanidine groups is 1. The van der Waals surface area contributed by atoms with Gasteiger partial charge in [0.05, 0.1) is 17.2 Å². The lowest BCUT2D eigenvalue weighted by molar-refractivity contribution is 0.270. The van der Waals surface area contributed by atoms with Crippen molar-refractivity contribution >= 4 is 23.1 Å². The molecule has 1 aliphatic rings. The van der Waals surface area contributed by atoms with Crippen molar-refractivity contribution in [1.82, 2.24) is 25.5 Å². The molecule has 1 aliphatic heterocycles. The number of aliphatic imine (C=N–C) groups is 1. The highest BCUT2D eigenvalue weighted by Gasteiger charge is 2.16. The lowest BCUT2D eigenvalue weighted by Gasteiger charge is -2.34. The molecule has 28 heavy (non-hydrogen) atoms. The molecule has 0 aromatic carbocycles. The Hall–Kier alpha value is -2.19. The Morgan fingerprint density at radius 3 is 2.57 bits per heavy atom. The first kappa shape index (κ1) is 20.5. The molecule has 2 aromatic heterocycles. The fourth-order valence-electron chi connectivity index (χ4n) is 3.34. The minimum Gasteiger partial charge on any atom is -0.354 e. The van der Waals surface area contributed by atoms with Crippen LogP contribution in [0.4, 0.5) is 5.82 Å². The van der Waals surface area contributed by atoms with Gasteiger partial charge in [-0.3, -0.25) is 4.99 Å². The van der Waals surface area contributed by atoms with E-state index in [9.17, 15) is 0 Å². The fourth-order valence-corrected chi connectivity index (χ4v) is 4.22. The van der Waals surface area contributed by atoms with E-state index in [1.54, 1.807) is 18.4 Å². The van der Waals surface area contributed by atoms with Crippen LogP contribution in [0.25, 0.3) is 0 Å². The molecule has 7 nitrogen and oxygen atoms in total. The van der Waals surface area contributed by atoms with Gasteiger partial charge in [0.25, 0.3) is 0 Å². The summed E-state index contributed by atoms with van der Waals surface area (Å²) in [6.07, 6.45) is 1.90. The van der Waals surface area contributed by atoms with Crippen molar-refractivity contribution in [2.24, 2.45) is 4.99 Å². The summed E-state index contributed by atoms with van der Waals surface area (Å²) in [6, 6.07) is 4.24. The molecule has 8 heteroatoms. The van der Waals surface area contributed by atoms with Crippen LogP contribution in [0, 0.1) is 13.8 Å². The zero-order valence-corrected chi connectivity index (χ0v) is 18.1. The van der Waals surface area contributed by atoms with Gasteiger partial charge in [-0.2, -0.15) is 0 Å². The molecule has 0 spiro atoms. The smallest absolute Gasteiger partial charge is 0.191 e. The monoisotopic (exact) mass is 401 g/mol. The Balaban J connectivity index is 1.52. The molecule has 0 unspecified atom stereocenters. The summed E-state index contributed by atoms with van der Waals surface area (Å²) in [7, 11) is 1.80. The van der Waals surface area contributed by atoms with Gasteiger partial charge in [0, 0.05) is 50.8 Å². The van der Waals surface area contributed by atoms with Crippen molar-refractivity contribution in [3.63, 3.8) is 0 Å². The number of anilines is 1. The van der Waals surface area contributed by atoms with E-state index in [2.05, 4.69) is 61.4 Å². The molecule has 0 aliphatic carbocycles. The molecular weight excluding hydrogens is 370 g/mol. The van der Waals surface area contributed by atoms with E-state index >= 15 is 0 Å². The first-order valence-electron chi connectivity index (χ1n) is 9.88. The zero-order chi connectivity index (χ0) is 19.9. The number of likely N-dealkylation sites (N-methyl/N-ethyl adjacent to an activating group) is 1. The summed E-state index contributed by atoms with van der Waals surface area (Å²) in [4.78, 5) is 19.5. The van der Waals surface area contributed by atoms with Gasteiger partial charge in [0.2, 0.25) is 0 Å². The quantitative estimate of drug-likeness (QED) is 0.571. The van der Waals surface area contributed by atoms with Crippen LogP contribution in [0.1, 0.15) is 28.1 Å². The number of aryl methyl sites for hydroxylation is 2. The van der Waals surface area contributed by atoms with Crippen molar-refractivity contribution in [3.05, 3.63) is 39.5 Å². The van der Waals surface area contributed by atoms with Crippen molar-refractivity contribution in [3.8, 4) is 0 Å². The Labute approximate surface area is 171 Å². The SMILES string of the molecule is CCN1CCN(c2cc(CNC(=NC)NCc3sc(C)nc3C)ccn2)CC1. The van der Waals surface area contributed by atoms with Crippen LogP contribution in [0.3, 0.4) is 0 Å². The van der Waals surface area contributed by atoms with Crippen molar-refractivity contribution in [1.29, 1.82) is 0 Å². The number of piperazine rings is 1. The van der Waals surface area contributed by atoms with Crippen LogP contribution >= 0.6 is 11.3 Å². The summed E-state index contributed by atoms with van der Waals surface area (Å²) in [5, 5.41) is 7.87. The first-order valence-corrected chi connectivity index (χ1v) is 10.7. The van der Waals surface area contributed by atoms with E-state index in [0.717, 1.165) is 61.7 Å². The van der Waals surface area contributed by atoms with E-state index in [1.165, 1.54) is 10.4 Å². The Bertz CT molecular complexity index is 794. The Morgan fingerprint density at radius 2 is 1.93 bits per heavy atom. The van der Waals surface area contributed by atoms with Crippen LogP contribution in [0.15, 0.2) is 23.3 Å². The number of rotatable bonds is 6. The minimum atomic E-state index is 0.713. The molecule has 0 saturated carbocycles. The summed E-state index contributed by atoms with van der Waals surface area (Å²) in [6.45, 7) is 13.2. The van der Waals surface area contributed by atoms with Crippen LogP contribution in [-0.2, 0) is 13.1 Å². The Kier molecular flexibility index (Phi) is 7.22. The van der Waals surface area contributed by atoms with Gasteiger partial charge < -0.3 is 20.4 Å². The third-order valence-electron chi connectivity index (χ3n) is 5.05. The minimum absolute atomic E-state index is 0.713. The van der Waals surface area contributed by atoms with Gasteiger partial charge in [0.1, 0.15) is 5.82 Å². The maximum atomic E-state index is 4.58. The van der Waals surface area contributed by atoms with E-state index in [0.29, 0.717) is 6.54 Å². The van der Waals surface area contributed by atoms with Gasteiger partial charge in [-0.25, -0.2) is 9.97 Å². The third kappa shape index (κ3) is 5.42. The third-order valence-corrected chi connectivity index (χ3v) is 6.13. The maximum Gasteiger partial charge on any atom is 0.191 e. The number of aromatic nitrogens is 2. The molecule has 3 rings (SSSR count). The van der Waals surface area contributed by atoms with Gasteiger partial charge in [-0.15, -0.1) is 11.3 Å². The average Bonchev–Trinajstić information content (AvgIpc) is 3.05. The second kappa shape index (κ2) is 9.84. The Morgan fingerprint density at radius 1 is 1.18 bits per heavy atom. The number of thiazole rings is 1. The molecule has 0 radical (unpaired) electrons. The molecule has 2 aromatic rings. The first-order chi connectivity index (χ1) is 13.6. The van der Waals surface area contributed by atoms with Crippen LogP contribution in [0.2, 0.25) is 0 Å². The van der Waals surface area contributed by atoms with Crippen LogP contribution in [-0.4, -0.2) is 60.6 Å². The lowest BCUT2D eigenvalue weighted by atomic mass is 10.2. The standard InChI is InChI=1S/C20H31N7S/c1-5-26-8-10-27(11-9-26)19-12-17(6-7-22-19)13-23-20(21-4)24-14-18-15(2)25-16(3)28-18/h6-7,12H,5,8-11,13-14H2,1-4H3,(H2,21,23,24). The number of nitrogens with zero attached hydrogens (tertiary/aromatic N) is 5. The summed E-state index contributed by atoms with van der Waals surface area (Å²) >= 11 is 1.73. The second-order valence-electron chi connectivity index (χ2n) is 6.96. The largest absolute Gasteiger partial charge is 0.354 e. The highest BCUT2D eigenvalue weighted by molar-refractivity contribution is 7.11. The van der Waals surface area contributed by atoms with E-state index < -0.39 is 0 Å². The van der Waals surface area contributed by atoms with Gasteiger partial charge in [-0.05, 0) is 38.1 Å². The highest BCUT2D eigenvalue weighted by atomic mass is 32.1. The number of hydrogen-bond acceptors (Lipinski definition) is 6. The zero-order valence-electron chi connectivity index (χ0n) is 17.3. The van der Waals surface area contributed by atoms with E-state index in [-0.39, 0.29) is 0 Å². The van der Waals surface area contributed by atoms with Gasteiger partial charge in [0.15, 0.2) is 5.96 Å². The molecule has 0 bridgehead atoms. The van der Waals surface area contributed by atoms with Gasteiger partial charge in [-0.1, -0.05) is 6.92 Å². The number of pyridine rings is 1. The molecule has 152 valence electrons. The average molecular weight is 402 g/mol. The molecule has 3 heterocycles. The van der Waals surface area contributed by atoms with Gasteiger partial charge >= 0.3 is 0 Å². The molecule has 1 fully saturated rings. The van der Waals surface area contributed by atoms with Crippen molar-refractivity contribution in [2.45, 2.75) is 33.9 Å². The molecule has 2 N–H and O–H groups in total. The summed E-state index contributed by atoms with van der Waals surface area (Å²) in [5.41, 5.74) is 2.29. The van der Waals surface area contributed by atoms with Crippen molar-refractivity contribution < 1.29 is 0 Å². The summed E-state index contributed by atoms with van der Waals surface area (Å²) < 4.78 is 0. The molecule has 0 amide bonds. The molecular formula is C20H31N7S. The topological polar surface area (TPSA) is 68.7 Å². The fraction of sp³-hybridized carbons (Fsp3) is 0.550. The number of nitrogens with one attached hydrogen (secondary N) is 2. The van der Waals surface area contributed by atoms with Crippen LogP contribution in [0.5, 0.6) is 0 Å². The molecule has 1 saturated heterocycles. The normalized spacial score (nSPS) is 15.7. The molecule has 0 atom stereocenters. The number of hydrogen-bond donors (Lipinski definition) is 2. The van der Waals surface area contributed by atoms with Crippen molar-refractivity contribution in [2.75, 3.05) is 44.7 Å². The van der Waals surface area contributed by atoms with E-state index in [4.69, 9.17) is 0 Å². The maximum absolute atomic E-state index is 4.58. The second-order valence-corrected chi connectivity index (χ2v) is 8.25. The lowest BCUT2D eigenvalue weighted by Crippen LogP contribution is -2.46. The highest BCUT2D eigenvalue weighted by Crippen LogP contribution is 2.17. The van der Waals surface area contributed by atoms with E-state index in [1.807, 2.05) is 13.1 Å².